The molecule has 0 aliphatic heterocycles. The Balaban J connectivity index is 2.11. The van der Waals surface area contributed by atoms with Crippen molar-refractivity contribution in [2.24, 2.45) is 5.73 Å². The number of carbonyl (C=O) groups excluding carboxylic acids is 2. The Morgan fingerprint density at radius 3 is 2.81 bits per heavy atom. The van der Waals surface area contributed by atoms with Crippen LogP contribution < -0.4 is 21.5 Å². The number of hydrogen-bond acceptors (Lipinski definition) is 4. The van der Waals surface area contributed by atoms with E-state index in [1.165, 1.54) is 0 Å². The molecular formula is C13H16N5O3+. The van der Waals surface area contributed by atoms with E-state index in [0.29, 0.717) is 23.3 Å². The predicted molar refractivity (Wildman–Crippen MR) is 75.5 cm³/mol. The van der Waals surface area contributed by atoms with Crippen LogP contribution in [0.15, 0.2) is 29.1 Å². The highest BCUT2D eigenvalue weighted by atomic mass is 16.2. The molecule has 2 aromatic rings. The maximum Gasteiger partial charge on any atom is 0.318 e. The summed E-state index contributed by atoms with van der Waals surface area (Å²) in [6.07, 6.45) is 0. The van der Waals surface area contributed by atoms with E-state index in [9.17, 15) is 14.4 Å². The van der Waals surface area contributed by atoms with E-state index in [-0.39, 0.29) is 12.1 Å². The maximum atomic E-state index is 11.9. The van der Waals surface area contributed by atoms with E-state index in [4.69, 9.17) is 5.73 Å². The minimum Gasteiger partial charge on any atom is -0.351 e. The van der Waals surface area contributed by atoms with Crippen LogP contribution in [0.2, 0.25) is 0 Å². The molecule has 0 aliphatic carbocycles. The van der Waals surface area contributed by atoms with Crippen LogP contribution >= 0.6 is 0 Å². The second-order valence-corrected chi connectivity index (χ2v) is 4.75. The molecule has 3 amide bonds. The highest BCUT2D eigenvalue weighted by Crippen LogP contribution is 2.04. The smallest absolute Gasteiger partial charge is 0.318 e. The second kappa shape index (κ2) is 6.14. The number of nitrogens with two attached hydrogens (primary N) is 1. The topological polar surface area (TPSA) is 122 Å². The van der Waals surface area contributed by atoms with E-state index in [0.717, 1.165) is 4.90 Å². The maximum absolute atomic E-state index is 11.9. The molecule has 0 aliphatic rings. The molecule has 110 valence electrons. The van der Waals surface area contributed by atoms with Gasteiger partial charge in [0.2, 0.25) is 0 Å². The Morgan fingerprint density at radius 2 is 2.10 bits per heavy atom. The lowest BCUT2D eigenvalue weighted by atomic mass is 10.2. The number of primary amides is 1. The molecule has 1 heterocycles. The molecule has 5 N–H and O–H groups in total. The fourth-order valence-electron chi connectivity index (χ4n) is 2.02. The number of aromatic nitrogens is 2. The number of nitrogens with zero attached hydrogens (tertiary/aromatic N) is 1. The van der Waals surface area contributed by atoms with Gasteiger partial charge in [0, 0.05) is 0 Å². The number of amides is 3. The lowest BCUT2D eigenvalue weighted by Crippen LogP contribution is -3.09. The zero-order chi connectivity index (χ0) is 15.4. The second-order valence-electron chi connectivity index (χ2n) is 4.75. The zero-order valence-corrected chi connectivity index (χ0v) is 11.5. The van der Waals surface area contributed by atoms with Gasteiger partial charge in [-0.2, -0.15) is 0 Å². The van der Waals surface area contributed by atoms with Crippen LogP contribution in [-0.2, 0) is 11.3 Å². The summed E-state index contributed by atoms with van der Waals surface area (Å²) < 4.78 is 0. The number of urea groups is 1. The van der Waals surface area contributed by atoms with Crippen molar-refractivity contribution in [1.82, 2.24) is 15.3 Å². The lowest BCUT2D eigenvalue weighted by Gasteiger charge is -2.12. The first-order valence-electron chi connectivity index (χ1n) is 6.34. The SMILES string of the molecule is C[NH+](CC(=O)NC(N)=O)Cc1nc2ccccc2c(=O)[nH]1. The molecule has 8 nitrogen and oxygen atoms in total. The molecule has 8 heteroatoms. The number of carbonyl (C=O) groups is 2. The summed E-state index contributed by atoms with van der Waals surface area (Å²) in [7, 11) is 1.75. The van der Waals surface area contributed by atoms with Crippen molar-refractivity contribution in [3.05, 3.63) is 40.4 Å². The summed E-state index contributed by atoms with van der Waals surface area (Å²) in [5.41, 5.74) is 5.25. The average molecular weight is 290 g/mol. The van der Waals surface area contributed by atoms with E-state index < -0.39 is 11.9 Å². The first-order valence-corrected chi connectivity index (χ1v) is 6.34. The van der Waals surface area contributed by atoms with Gasteiger partial charge in [0.15, 0.2) is 12.4 Å². The van der Waals surface area contributed by atoms with Crippen molar-refractivity contribution in [2.75, 3.05) is 13.6 Å². The predicted octanol–water partition coefficient (Wildman–Crippen LogP) is -1.87. The monoisotopic (exact) mass is 290 g/mol. The summed E-state index contributed by atoms with van der Waals surface area (Å²) in [4.78, 5) is 41.7. The van der Waals surface area contributed by atoms with Crippen molar-refractivity contribution in [3.8, 4) is 0 Å². The van der Waals surface area contributed by atoms with Crippen molar-refractivity contribution >= 4 is 22.8 Å². The highest BCUT2D eigenvalue weighted by molar-refractivity contribution is 5.93. The molecule has 0 radical (unpaired) electrons. The fraction of sp³-hybridized carbons (Fsp3) is 0.231. The molecule has 1 aromatic heterocycles. The third-order valence-corrected chi connectivity index (χ3v) is 2.86. The Bertz CT molecular complexity index is 740. The number of likely N-dealkylation sites (N-methyl/N-ethyl adjacent to an activating group) is 1. The van der Waals surface area contributed by atoms with Gasteiger partial charge in [0.05, 0.1) is 18.0 Å². The van der Waals surface area contributed by atoms with E-state index >= 15 is 0 Å². The number of aromatic amines is 1. The number of benzene rings is 1. The minimum atomic E-state index is -0.884. The van der Waals surface area contributed by atoms with Gasteiger partial charge < -0.3 is 15.6 Å². The van der Waals surface area contributed by atoms with Gasteiger partial charge in [0.1, 0.15) is 6.54 Å². The molecule has 1 unspecified atom stereocenters. The van der Waals surface area contributed by atoms with Gasteiger partial charge in [-0.05, 0) is 12.1 Å². The molecule has 21 heavy (non-hydrogen) atoms. The minimum absolute atomic E-state index is 0.0411. The quantitative estimate of drug-likeness (QED) is 0.527. The summed E-state index contributed by atoms with van der Waals surface area (Å²) >= 11 is 0. The number of rotatable bonds is 4. The van der Waals surface area contributed by atoms with Crippen LogP contribution in [0.4, 0.5) is 4.79 Å². The summed E-state index contributed by atoms with van der Waals surface area (Å²) in [5.74, 6) is -0.00814. The number of nitrogens with one attached hydrogen (secondary N) is 3. The summed E-state index contributed by atoms with van der Waals surface area (Å²) in [6.45, 7) is 0.381. The number of fused-ring (bicyclic) bond motifs is 1. The van der Waals surface area contributed by atoms with Crippen LogP contribution in [0.1, 0.15) is 5.82 Å². The number of hydrogen-bond donors (Lipinski definition) is 4. The molecule has 0 saturated carbocycles. The first kappa shape index (κ1) is 14.7. The van der Waals surface area contributed by atoms with Gasteiger partial charge in [-0.3, -0.25) is 14.9 Å². The molecule has 1 atom stereocenters. The third-order valence-electron chi connectivity index (χ3n) is 2.86. The average Bonchev–Trinajstić information content (AvgIpc) is 2.37. The third kappa shape index (κ3) is 3.86. The molecule has 0 bridgehead atoms. The summed E-state index contributed by atoms with van der Waals surface area (Å²) in [6, 6.07) is 6.13. The molecule has 0 spiro atoms. The van der Waals surface area contributed by atoms with Gasteiger partial charge in [0.25, 0.3) is 11.5 Å². The summed E-state index contributed by atoms with van der Waals surface area (Å²) in [5, 5.41) is 2.51. The largest absolute Gasteiger partial charge is 0.351 e. The van der Waals surface area contributed by atoms with Crippen LogP contribution in [0.3, 0.4) is 0 Å². The standard InChI is InChI=1S/C13H15N5O3/c1-18(7-11(19)17-13(14)21)6-10-15-9-5-3-2-4-8(9)12(20)16-10/h2-5H,6-7H2,1H3,(H,15,16,20)(H3,14,17,19,21)/p+1. The van der Waals surface area contributed by atoms with Crippen molar-refractivity contribution < 1.29 is 14.5 Å². The van der Waals surface area contributed by atoms with E-state index in [1.807, 2.05) is 5.32 Å². The number of quaternary nitrogens is 1. The number of H-pyrrole nitrogens is 1. The molecule has 1 aromatic carbocycles. The van der Waals surface area contributed by atoms with Gasteiger partial charge in [-0.25, -0.2) is 9.78 Å². The van der Waals surface area contributed by atoms with E-state index in [2.05, 4.69) is 9.97 Å². The fourth-order valence-corrected chi connectivity index (χ4v) is 2.02. The molecule has 0 saturated heterocycles. The van der Waals surface area contributed by atoms with Crippen molar-refractivity contribution in [3.63, 3.8) is 0 Å². The molecule has 0 fully saturated rings. The van der Waals surface area contributed by atoms with Crippen molar-refractivity contribution in [2.45, 2.75) is 6.54 Å². The Hall–Kier alpha value is -2.74. The van der Waals surface area contributed by atoms with Crippen LogP contribution in [0.5, 0.6) is 0 Å². The Morgan fingerprint density at radius 1 is 1.38 bits per heavy atom. The first-order chi connectivity index (χ1) is 9.95. The molecular weight excluding hydrogens is 274 g/mol. The Kier molecular flexibility index (Phi) is 4.29. The Labute approximate surface area is 120 Å². The van der Waals surface area contributed by atoms with E-state index in [1.54, 1.807) is 31.3 Å². The lowest BCUT2D eigenvalue weighted by molar-refractivity contribution is -0.886. The zero-order valence-electron chi connectivity index (χ0n) is 11.5. The van der Waals surface area contributed by atoms with Gasteiger partial charge in [-0.15, -0.1) is 0 Å². The molecule has 2 rings (SSSR count). The van der Waals surface area contributed by atoms with Crippen LogP contribution in [-0.4, -0.2) is 35.5 Å². The number of imide groups is 1. The van der Waals surface area contributed by atoms with Crippen LogP contribution in [0.25, 0.3) is 10.9 Å². The van der Waals surface area contributed by atoms with Crippen molar-refractivity contribution in [1.29, 1.82) is 0 Å². The highest BCUT2D eigenvalue weighted by Gasteiger charge is 2.13. The van der Waals surface area contributed by atoms with Gasteiger partial charge >= 0.3 is 6.03 Å². The van der Waals surface area contributed by atoms with Gasteiger partial charge in [-0.1, -0.05) is 12.1 Å². The normalized spacial score (nSPS) is 12.0. The van der Waals surface area contributed by atoms with Crippen LogP contribution in [0, 0.1) is 0 Å². The number of para-hydroxylation sites is 1.